The lowest BCUT2D eigenvalue weighted by Gasteiger charge is -2.35. The molecule has 0 aliphatic carbocycles. The molecule has 3 aromatic rings. The van der Waals surface area contributed by atoms with E-state index in [1.54, 1.807) is 12.3 Å². The number of para-hydroxylation sites is 1. The first-order valence-corrected chi connectivity index (χ1v) is 10.1. The van der Waals surface area contributed by atoms with Gasteiger partial charge in [-0.2, -0.15) is 0 Å². The molecule has 1 amide bonds. The number of aryl methyl sites for hydroxylation is 1. The highest BCUT2D eigenvalue weighted by Crippen LogP contribution is 2.22. The highest BCUT2D eigenvalue weighted by molar-refractivity contribution is 5.92. The zero-order valence-electron chi connectivity index (χ0n) is 16.4. The van der Waals surface area contributed by atoms with Gasteiger partial charge in [-0.3, -0.25) is 14.5 Å². The van der Waals surface area contributed by atoms with E-state index in [9.17, 15) is 4.79 Å². The summed E-state index contributed by atoms with van der Waals surface area (Å²) >= 11 is 0. The van der Waals surface area contributed by atoms with Crippen LogP contribution in [0.15, 0.2) is 60.9 Å². The van der Waals surface area contributed by atoms with Gasteiger partial charge in [0.05, 0.1) is 6.20 Å². The van der Waals surface area contributed by atoms with E-state index in [1.807, 2.05) is 58.2 Å². The van der Waals surface area contributed by atoms with E-state index in [0.29, 0.717) is 12.3 Å². The summed E-state index contributed by atoms with van der Waals surface area (Å²) in [6, 6.07) is 15.3. The quantitative estimate of drug-likeness (QED) is 0.618. The van der Waals surface area contributed by atoms with Crippen molar-refractivity contribution in [2.45, 2.75) is 44.9 Å². The Hall–Kier alpha value is -3.22. The van der Waals surface area contributed by atoms with Crippen LogP contribution in [0.5, 0.6) is 5.75 Å². The van der Waals surface area contributed by atoms with Gasteiger partial charge in [0.25, 0.3) is 5.91 Å². The SMILES string of the molecule is O=C(c1ccccn1)N1CCCCC1CCn1cc(COc2ccccc2)nn1. The van der Waals surface area contributed by atoms with Gasteiger partial charge in [-0.15, -0.1) is 5.10 Å². The third-order valence-corrected chi connectivity index (χ3v) is 5.18. The van der Waals surface area contributed by atoms with Gasteiger partial charge in [0.1, 0.15) is 23.7 Å². The molecular formula is C22H25N5O2. The number of rotatable bonds is 7. The number of likely N-dealkylation sites (tertiary alicyclic amines) is 1. The van der Waals surface area contributed by atoms with E-state index < -0.39 is 0 Å². The summed E-state index contributed by atoms with van der Waals surface area (Å²) in [5, 5.41) is 8.41. The minimum Gasteiger partial charge on any atom is -0.487 e. The summed E-state index contributed by atoms with van der Waals surface area (Å²) in [6.45, 7) is 1.89. The second kappa shape index (κ2) is 9.32. The molecule has 0 spiro atoms. The number of amides is 1. The van der Waals surface area contributed by atoms with Crippen molar-refractivity contribution in [3.8, 4) is 5.75 Å². The van der Waals surface area contributed by atoms with Gasteiger partial charge in [0.2, 0.25) is 0 Å². The minimum absolute atomic E-state index is 0.0193. The zero-order chi connectivity index (χ0) is 19.9. The summed E-state index contributed by atoms with van der Waals surface area (Å²) in [4.78, 5) is 19.1. The topological polar surface area (TPSA) is 73.1 Å². The molecule has 1 unspecified atom stereocenters. The molecule has 29 heavy (non-hydrogen) atoms. The molecule has 150 valence electrons. The van der Waals surface area contributed by atoms with Gasteiger partial charge in [0, 0.05) is 25.3 Å². The third-order valence-electron chi connectivity index (χ3n) is 5.18. The lowest BCUT2D eigenvalue weighted by molar-refractivity contribution is 0.0587. The van der Waals surface area contributed by atoms with Crippen molar-refractivity contribution in [3.63, 3.8) is 0 Å². The Bertz CT molecular complexity index is 913. The number of hydrogen-bond acceptors (Lipinski definition) is 5. The van der Waals surface area contributed by atoms with Crippen LogP contribution in [0.25, 0.3) is 0 Å². The van der Waals surface area contributed by atoms with Crippen LogP contribution in [0.1, 0.15) is 41.9 Å². The normalized spacial score (nSPS) is 16.6. The molecule has 1 aliphatic heterocycles. The van der Waals surface area contributed by atoms with Crippen molar-refractivity contribution < 1.29 is 9.53 Å². The van der Waals surface area contributed by atoms with Crippen LogP contribution in [0, 0.1) is 0 Å². The van der Waals surface area contributed by atoms with E-state index in [4.69, 9.17) is 4.74 Å². The predicted octanol–water partition coefficient (Wildman–Crippen LogP) is 3.34. The van der Waals surface area contributed by atoms with Crippen LogP contribution in [0.4, 0.5) is 0 Å². The highest BCUT2D eigenvalue weighted by Gasteiger charge is 2.27. The number of benzene rings is 1. The van der Waals surface area contributed by atoms with Crippen LogP contribution in [-0.2, 0) is 13.2 Å². The lowest BCUT2D eigenvalue weighted by atomic mass is 9.98. The average molecular weight is 391 g/mol. The van der Waals surface area contributed by atoms with E-state index >= 15 is 0 Å². The molecule has 7 heteroatoms. The number of ether oxygens (including phenoxy) is 1. The molecule has 0 radical (unpaired) electrons. The molecule has 4 rings (SSSR count). The standard InChI is InChI=1S/C22H25N5O2/c28-22(21-11-4-6-13-23-21)27-14-7-5-8-19(27)12-15-26-16-18(24-25-26)17-29-20-9-2-1-3-10-20/h1-4,6,9-11,13,16,19H,5,7-8,12,14-15,17H2. The molecule has 0 N–H and O–H groups in total. The van der Waals surface area contributed by atoms with Gasteiger partial charge < -0.3 is 9.64 Å². The van der Waals surface area contributed by atoms with Gasteiger partial charge in [-0.25, -0.2) is 0 Å². The highest BCUT2D eigenvalue weighted by atomic mass is 16.5. The van der Waals surface area contributed by atoms with Crippen molar-refractivity contribution in [1.82, 2.24) is 24.9 Å². The molecule has 2 aromatic heterocycles. The summed E-state index contributed by atoms with van der Waals surface area (Å²) < 4.78 is 7.56. The van der Waals surface area contributed by atoms with Gasteiger partial charge in [-0.1, -0.05) is 29.5 Å². The molecule has 1 aliphatic rings. The number of nitrogens with zero attached hydrogens (tertiary/aromatic N) is 5. The Balaban J connectivity index is 1.32. The summed E-state index contributed by atoms with van der Waals surface area (Å²) in [6.07, 6.45) is 7.62. The number of piperidine rings is 1. The Kier molecular flexibility index (Phi) is 6.14. The van der Waals surface area contributed by atoms with Gasteiger partial charge >= 0.3 is 0 Å². The van der Waals surface area contributed by atoms with Crippen LogP contribution in [0.2, 0.25) is 0 Å². The third kappa shape index (κ3) is 4.99. The number of pyridine rings is 1. The Labute approximate surface area is 170 Å². The largest absolute Gasteiger partial charge is 0.487 e. The predicted molar refractivity (Wildman–Crippen MR) is 108 cm³/mol. The molecule has 7 nitrogen and oxygen atoms in total. The van der Waals surface area contributed by atoms with E-state index in [0.717, 1.165) is 50.2 Å². The first-order chi connectivity index (χ1) is 14.3. The smallest absolute Gasteiger partial charge is 0.272 e. The van der Waals surface area contributed by atoms with Crippen molar-refractivity contribution >= 4 is 5.91 Å². The van der Waals surface area contributed by atoms with E-state index in [-0.39, 0.29) is 11.9 Å². The summed E-state index contributed by atoms with van der Waals surface area (Å²) in [5.74, 6) is 0.832. The molecule has 0 bridgehead atoms. The molecule has 1 fully saturated rings. The first-order valence-electron chi connectivity index (χ1n) is 10.1. The van der Waals surface area contributed by atoms with Crippen molar-refractivity contribution in [2.24, 2.45) is 0 Å². The molecular weight excluding hydrogens is 366 g/mol. The maximum Gasteiger partial charge on any atom is 0.272 e. The maximum absolute atomic E-state index is 12.9. The fourth-order valence-electron chi connectivity index (χ4n) is 3.67. The van der Waals surface area contributed by atoms with Crippen LogP contribution < -0.4 is 4.74 Å². The van der Waals surface area contributed by atoms with E-state index in [1.165, 1.54) is 0 Å². The number of carbonyl (C=O) groups excluding carboxylic acids is 1. The second-order valence-corrected chi connectivity index (χ2v) is 7.23. The number of aromatic nitrogens is 4. The Morgan fingerprint density at radius 1 is 1.10 bits per heavy atom. The van der Waals surface area contributed by atoms with Crippen LogP contribution in [0.3, 0.4) is 0 Å². The monoisotopic (exact) mass is 391 g/mol. The summed E-state index contributed by atoms with van der Waals surface area (Å²) in [7, 11) is 0. The van der Waals surface area contributed by atoms with Crippen molar-refractivity contribution in [2.75, 3.05) is 6.54 Å². The van der Waals surface area contributed by atoms with E-state index in [2.05, 4.69) is 15.3 Å². The molecule has 3 heterocycles. The van der Waals surface area contributed by atoms with Gasteiger partial charge in [0.15, 0.2) is 0 Å². The molecule has 0 saturated carbocycles. The molecule has 1 saturated heterocycles. The Morgan fingerprint density at radius 3 is 2.79 bits per heavy atom. The molecule has 1 atom stereocenters. The Morgan fingerprint density at radius 2 is 1.97 bits per heavy atom. The van der Waals surface area contributed by atoms with Crippen molar-refractivity contribution in [1.29, 1.82) is 0 Å². The van der Waals surface area contributed by atoms with Gasteiger partial charge in [-0.05, 0) is 49.9 Å². The maximum atomic E-state index is 12.9. The van der Waals surface area contributed by atoms with Crippen LogP contribution >= 0.6 is 0 Å². The second-order valence-electron chi connectivity index (χ2n) is 7.23. The number of hydrogen-bond donors (Lipinski definition) is 0. The summed E-state index contributed by atoms with van der Waals surface area (Å²) in [5.41, 5.74) is 1.31. The number of carbonyl (C=O) groups is 1. The lowest BCUT2D eigenvalue weighted by Crippen LogP contribution is -2.44. The molecule has 1 aromatic carbocycles. The first kappa shape index (κ1) is 19.1. The fourth-order valence-corrected chi connectivity index (χ4v) is 3.67. The average Bonchev–Trinajstić information content (AvgIpc) is 3.25. The minimum atomic E-state index is 0.0193. The van der Waals surface area contributed by atoms with Crippen molar-refractivity contribution in [3.05, 3.63) is 72.3 Å². The van der Waals surface area contributed by atoms with Crippen LogP contribution in [-0.4, -0.2) is 43.4 Å². The fraction of sp³-hybridized carbons (Fsp3) is 0.364. The zero-order valence-corrected chi connectivity index (χ0v) is 16.4.